The molecule has 1 unspecified atom stereocenters. The van der Waals surface area contributed by atoms with E-state index in [4.69, 9.17) is 9.53 Å². The molecule has 0 saturated heterocycles. The zero-order chi connectivity index (χ0) is 23.7. The number of carbonyl (C=O) groups excluding carboxylic acids is 1. The molecule has 170 valence electrons. The van der Waals surface area contributed by atoms with Crippen LogP contribution in [0.5, 0.6) is 0 Å². The maximum Gasteiger partial charge on any atom is 0.416 e. The largest absolute Gasteiger partial charge is 0.465 e. The van der Waals surface area contributed by atoms with Gasteiger partial charge >= 0.3 is 18.4 Å². The van der Waals surface area contributed by atoms with Gasteiger partial charge in [-0.05, 0) is 36.3 Å². The van der Waals surface area contributed by atoms with Crippen LogP contribution in [-0.2, 0) is 16.8 Å². The van der Waals surface area contributed by atoms with Crippen molar-refractivity contribution in [2.45, 2.75) is 57.3 Å². The molecule has 0 aliphatic heterocycles. The lowest BCUT2D eigenvalue weighted by Gasteiger charge is -2.37. The molecule has 1 atom stereocenters. The fraction of sp³-hybridized carbons (Fsp3) is 0.556. The second kappa shape index (κ2) is 8.58. The first-order valence-electron chi connectivity index (χ1n) is 8.73. The fourth-order valence-electron chi connectivity index (χ4n) is 2.14. The van der Waals surface area contributed by atoms with Gasteiger partial charge in [0.2, 0.25) is 0 Å². The number of ketones is 1. The minimum Gasteiger partial charge on any atom is -0.465 e. The van der Waals surface area contributed by atoms with E-state index in [1.54, 1.807) is 13.1 Å². The predicted molar refractivity (Wildman–Crippen MR) is 98.9 cm³/mol. The van der Waals surface area contributed by atoms with Gasteiger partial charge in [0, 0.05) is 5.56 Å². The molecule has 0 aliphatic carbocycles. The van der Waals surface area contributed by atoms with Gasteiger partial charge in [0.1, 0.15) is 6.04 Å². The summed E-state index contributed by atoms with van der Waals surface area (Å²) in [6, 6.07) is -1.26. The van der Waals surface area contributed by atoms with Crippen LogP contribution in [-0.4, -0.2) is 37.9 Å². The summed E-state index contributed by atoms with van der Waals surface area (Å²) in [6.45, 7) is 8.65. The van der Waals surface area contributed by atoms with Crippen molar-refractivity contribution in [3.8, 4) is 0 Å². The first-order chi connectivity index (χ1) is 13.3. The van der Waals surface area contributed by atoms with Crippen LogP contribution in [0.3, 0.4) is 0 Å². The summed E-state index contributed by atoms with van der Waals surface area (Å²) < 4.78 is 84.0. The SMILES string of the molecule is CC(C)(C)[Si](C)(C)OCC(NC(=O)O)C(=O)c1cc(C(F)(F)F)cc(C(F)(F)F)c1. The van der Waals surface area contributed by atoms with Gasteiger partial charge in [0.05, 0.1) is 17.7 Å². The van der Waals surface area contributed by atoms with Crippen molar-refractivity contribution in [3.05, 3.63) is 34.9 Å². The lowest BCUT2D eigenvalue weighted by Crippen LogP contribution is -2.49. The molecule has 1 amide bonds. The highest BCUT2D eigenvalue weighted by atomic mass is 28.4. The molecule has 0 radical (unpaired) electrons. The van der Waals surface area contributed by atoms with E-state index in [0.717, 1.165) is 0 Å². The van der Waals surface area contributed by atoms with Crippen LogP contribution in [0.4, 0.5) is 31.1 Å². The van der Waals surface area contributed by atoms with E-state index >= 15 is 0 Å². The Balaban J connectivity index is 3.37. The second-order valence-electron chi connectivity index (χ2n) is 8.23. The van der Waals surface area contributed by atoms with Crippen molar-refractivity contribution in [2.75, 3.05) is 6.61 Å². The maximum absolute atomic E-state index is 13.0. The van der Waals surface area contributed by atoms with Crippen molar-refractivity contribution in [1.82, 2.24) is 5.32 Å². The van der Waals surface area contributed by atoms with E-state index in [-0.39, 0.29) is 23.2 Å². The minimum atomic E-state index is -5.14. The molecule has 5 nitrogen and oxygen atoms in total. The van der Waals surface area contributed by atoms with Gasteiger partial charge in [-0.15, -0.1) is 0 Å². The molecule has 1 aromatic carbocycles. The number of Topliss-reactive ketones (excluding diaryl/α,β-unsaturated/α-hetero) is 1. The average molecular weight is 459 g/mol. The number of hydrogen-bond donors (Lipinski definition) is 2. The molecule has 1 aromatic rings. The van der Waals surface area contributed by atoms with Gasteiger partial charge in [-0.2, -0.15) is 26.3 Å². The fourth-order valence-corrected chi connectivity index (χ4v) is 3.15. The van der Waals surface area contributed by atoms with Crippen molar-refractivity contribution in [3.63, 3.8) is 0 Å². The highest BCUT2D eigenvalue weighted by molar-refractivity contribution is 6.74. The van der Waals surface area contributed by atoms with Crippen molar-refractivity contribution in [2.24, 2.45) is 0 Å². The Labute approximate surface area is 170 Å². The molecular formula is C18H23F6NO4Si. The third kappa shape index (κ3) is 6.72. The Hall–Kier alpha value is -2.08. The molecule has 0 saturated carbocycles. The summed E-state index contributed by atoms with van der Waals surface area (Å²) in [6.07, 6.45) is -11.9. The van der Waals surface area contributed by atoms with Gasteiger partial charge < -0.3 is 14.8 Å². The maximum atomic E-state index is 13.0. The molecule has 0 spiro atoms. The van der Waals surface area contributed by atoms with Crippen molar-refractivity contribution < 1.29 is 45.5 Å². The summed E-state index contributed by atoms with van der Waals surface area (Å²) in [5.41, 5.74) is -4.25. The summed E-state index contributed by atoms with van der Waals surface area (Å²) in [5, 5.41) is 10.5. The molecule has 0 aromatic heterocycles. The topological polar surface area (TPSA) is 75.6 Å². The summed E-state index contributed by atoms with van der Waals surface area (Å²) >= 11 is 0. The van der Waals surface area contributed by atoms with E-state index in [1.807, 2.05) is 26.1 Å². The number of hydrogen-bond acceptors (Lipinski definition) is 3. The zero-order valence-electron chi connectivity index (χ0n) is 17.0. The predicted octanol–water partition coefficient (Wildman–Crippen LogP) is 5.56. The highest BCUT2D eigenvalue weighted by Gasteiger charge is 2.40. The van der Waals surface area contributed by atoms with Gasteiger partial charge in [-0.25, -0.2) is 4.79 Å². The number of carboxylic acid groups (broad SMARTS) is 1. The number of rotatable bonds is 6. The standard InChI is InChI=1S/C18H23F6NO4Si/c1-16(2,3)30(4,5)29-9-13(25-15(27)28)14(26)10-6-11(17(19,20)21)8-12(7-10)18(22,23)24/h6-8,13,25H,9H2,1-5H3,(H,27,28). The van der Waals surface area contributed by atoms with Crippen molar-refractivity contribution >= 4 is 20.2 Å². The Morgan fingerprint density at radius 2 is 1.43 bits per heavy atom. The molecule has 2 N–H and O–H groups in total. The molecule has 1 rings (SSSR count). The Bertz CT molecular complexity index is 767. The number of nitrogens with one attached hydrogen (secondary N) is 1. The number of halogens is 6. The van der Waals surface area contributed by atoms with E-state index in [2.05, 4.69) is 0 Å². The number of alkyl halides is 6. The zero-order valence-corrected chi connectivity index (χ0v) is 18.0. The number of amides is 1. The molecule has 30 heavy (non-hydrogen) atoms. The van der Waals surface area contributed by atoms with Gasteiger partial charge in [-0.1, -0.05) is 20.8 Å². The number of carbonyl (C=O) groups is 2. The van der Waals surface area contributed by atoms with Crippen LogP contribution in [0.2, 0.25) is 18.1 Å². The van der Waals surface area contributed by atoms with Gasteiger partial charge in [0.25, 0.3) is 0 Å². The van der Waals surface area contributed by atoms with Crippen LogP contribution >= 0.6 is 0 Å². The normalized spacial score (nSPS) is 14.4. The van der Waals surface area contributed by atoms with E-state index in [0.29, 0.717) is 0 Å². The van der Waals surface area contributed by atoms with Crippen molar-refractivity contribution in [1.29, 1.82) is 0 Å². The summed E-state index contributed by atoms with van der Waals surface area (Å²) in [5.74, 6) is -1.26. The molecule has 0 heterocycles. The van der Waals surface area contributed by atoms with Crippen LogP contribution in [0.1, 0.15) is 42.3 Å². The smallest absolute Gasteiger partial charge is 0.416 e. The second-order valence-corrected chi connectivity index (χ2v) is 13.0. The number of benzene rings is 1. The first-order valence-corrected chi connectivity index (χ1v) is 11.6. The molecule has 0 aliphatic rings. The molecule has 0 bridgehead atoms. The summed E-state index contributed by atoms with van der Waals surface area (Å²) in [4.78, 5) is 23.7. The lowest BCUT2D eigenvalue weighted by atomic mass is 9.98. The van der Waals surface area contributed by atoms with Crippen LogP contribution in [0, 0.1) is 0 Å². The monoisotopic (exact) mass is 459 g/mol. The third-order valence-corrected chi connectivity index (χ3v) is 9.40. The van der Waals surface area contributed by atoms with Crippen LogP contribution in [0.15, 0.2) is 18.2 Å². The Morgan fingerprint density at radius 1 is 1.00 bits per heavy atom. The molecule has 0 fully saturated rings. The van der Waals surface area contributed by atoms with Crippen LogP contribution in [0.25, 0.3) is 0 Å². The van der Waals surface area contributed by atoms with Crippen LogP contribution < -0.4 is 5.32 Å². The van der Waals surface area contributed by atoms with E-state index in [1.165, 1.54) is 0 Å². The van der Waals surface area contributed by atoms with Gasteiger partial charge in [0.15, 0.2) is 14.1 Å². The molecule has 12 heteroatoms. The first kappa shape index (κ1) is 26.0. The third-order valence-electron chi connectivity index (χ3n) is 4.90. The quantitative estimate of drug-likeness (QED) is 0.332. The average Bonchev–Trinajstić information content (AvgIpc) is 2.54. The highest BCUT2D eigenvalue weighted by Crippen LogP contribution is 2.38. The van der Waals surface area contributed by atoms with E-state index < -0.39 is 61.9 Å². The summed E-state index contributed by atoms with van der Waals surface area (Å²) in [7, 11) is -2.49. The van der Waals surface area contributed by atoms with Gasteiger partial charge in [-0.3, -0.25) is 4.79 Å². The Kier molecular flexibility index (Phi) is 7.42. The van der Waals surface area contributed by atoms with E-state index in [9.17, 15) is 35.9 Å². The minimum absolute atomic E-state index is 0.109. The molecular weight excluding hydrogens is 436 g/mol. The lowest BCUT2D eigenvalue weighted by molar-refractivity contribution is -0.143. The Morgan fingerprint density at radius 3 is 1.77 bits per heavy atom.